The average molecular weight is 287 g/mol. The average Bonchev–Trinajstić information content (AvgIpc) is 2.34. The number of alkyl halides is 1. The third-order valence-electron chi connectivity index (χ3n) is 2.59. The lowest BCUT2D eigenvalue weighted by Crippen LogP contribution is -1.96. The Morgan fingerprint density at radius 3 is 2.56 bits per heavy atom. The topological polar surface area (TPSA) is 18.5 Å². The monoisotopic (exact) mass is 286 g/mol. The van der Waals surface area contributed by atoms with Gasteiger partial charge in [0.05, 0.1) is 14.2 Å². The zero-order valence-electron chi connectivity index (χ0n) is 10.1. The SMILES string of the molecule is CCCCC(Br)c1ccc(OC)cc1OC. The van der Waals surface area contributed by atoms with Crippen molar-refractivity contribution in [2.45, 2.75) is 31.0 Å². The van der Waals surface area contributed by atoms with Crippen LogP contribution < -0.4 is 9.47 Å². The van der Waals surface area contributed by atoms with Crippen LogP contribution in [0.3, 0.4) is 0 Å². The molecule has 1 aromatic rings. The second-order valence-electron chi connectivity index (χ2n) is 3.72. The lowest BCUT2D eigenvalue weighted by molar-refractivity contribution is 0.390. The van der Waals surface area contributed by atoms with Gasteiger partial charge in [-0.2, -0.15) is 0 Å². The summed E-state index contributed by atoms with van der Waals surface area (Å²) in [5.74, 6) is 1.72. The number of methoxy groups -OCH3 is 2. The molecule has 16 heavy (non-hydrogen) atoms. The molecule has 90 valence electrons. The Hall–Kier alpha value is -0.700. The summed E-state index contributed by atoms with van der Waals surface area (Å²) < 4.78 is 10.6. The number of halogens is 1. The summed E-state index contributed by atoms with van der Waals surface area (Å²) in [5.41, 5.74) is 1.19. The van der Waals surface area contributed by atoms with E-state index in [0.29, 0.717) is 4.83 Å². The largest absolute Gasteiger partial charge is 0.497 e. The van der Waals surface area contributed by atoms with Gasteiger partial charge in [0.15, 0.2) is 0 Å². The van der Waals surface area contributed by atoms with Crippen molar-refractivity contribution < 1.29 is 9.47 Å². The van der Waals surface area contributed by atoms with Crippen LogP contribution in [0.1, 0.15) is 36.6 Å². The number of hydrogen-bond acceptors (Lipinski definition) is 2. The molecule has 0 saturated carbocycles. The van der Waals surface area contributed by atoms with E-state index in [4.69, 9.17) is 9.47 Å². The van der Waals surface area contributed by atoms with E-state index < -0.39 is 0 Å². The third-order valence-corrected chi connectivity index (χ3v) is 3.54. The lowest BCUT2D eigenvalue weighted by atomic mass is 10.1. The summed E-state index contributed by atoms with van der Waals surface area (Å²) in [5, 5.41) is 0. The predicted octanol–water partition coefficient (Wildman–Crippen LogP) is 4.33. The fourth-order valence-electron chi connectivity index (χ4n) is 1.62. The lowest BCUT2D eigenvalue weighted by Gasteiger charge is -2.15. The summed E-state index contributed by atoms with van der Waals surface area (Å²) in [7, 11) is 3.36. The predicted molar refractivity (Wildman–Crippen MR) is 70.7 cm³/mol. The highest BCUT2D eigenvalue weighted by Gasteiger charge is 2.13. The first-order valence-electron chi connectivity index (χ1n) is 5.59. The molecule has 0 aliphatic carbocycles. The summed E-state index contributed by atoms with van der Waals surface area (Å²) in [6.07, 6.45) is 3.55. The molecular formula is C13H19BrO2. The van der Waals surface area contributed by atoms with Crippen molar-refractivity contribution in [3.05, 3.63) is 23.8 Å². The molecule has 0 spiro atoms. The van der Waals surface area contributed by atoms with Gasteiger partial charge < -0.3 is 9.47 Å². The molecule has 0 N–H and O–H groups in total. The minimum atomic E-state index is 0.355. The van der Waals surface area contributed by atoms with E-state index in [1.165, 1.54) is 18.4 Å². The quantitative estimate of drug-likeness (QED) is 0.725. The number of rotatable bonds is 6. The van der Waals surface area contributed by atoms with E-state index >= 15 is 0 Å². The minimum Gasteiger partial charge on any atom is -0.497 e. The molecule has 0 heterocycles. The highest BCUT2D eigenvalue weighted by Crippen LogP contribution is 2.36. The maximum atomic E-state index is 5.38. The molecule has 0 radical (unpaired) electrons. The molecule has 0 amide bonds. The number of hydrogen-bond donors (Lipinski definition) is 0. The van der Waals surface area contributed by atoms with Crippen molar-refractivity contribution in [3.63, 3.8) is 0 Å². The Kier molecular flexibility index (Phi) is 5.67. The van der Waals surface area contributed by atoms with Crippen molar-refractivity contribution in [3.8, 4) is 11.5 Å². The van der Waals surface area contributed by atoms with Crippen molar-refractivity contribution in [2.75, 3.05) is 14.2 Å². The number of ether oxygens (including phenoxy) is 2. The molecule has 0 aliphatic rings. The van der Waals surface area contributed by atoms with Gasteiger partial charge in [0, 0.05) is 16.5 Å². The smallest absolute Gasteiger partial charge is 0.126 e. The van der Waals surface area contributed by atoms with Crippen LogP contribution >= 0.6 is 15.9 Å². The molecule has 3 heteroatoms. The standard InChI is InChI=1S/C13H19BrO2/c1-4-5-6-12(14)11-8-7-10(15-2)9-13(11)16-3/h7-9,12H,4-6H2,1-3H3. The van der Waals surface area contributed by atoms with Gasteiger partial charge in [-0.05, 0) is 12.5 Å². The van der Waals surface area contributed by atoms with Crippen LogP contribution in [0.25, 0.3) is 0 Å². The van der Waals surface area contributed by atoms with Crippen LogP contribution in [0, 0.1) is 0 Å². The summed E-state index contributed by atoms with van der Waals surface area (Å²) in [6.45, 7) is 2.20. The minimum absolute atomic E-state index is 0.355. The van der Waals surface area contributed by atoms with Crippen LogP contribution in [0.15, 0.2) is 18.2 Å². The molecule has 0 fully saturated rings. The maximum absolute atomic E-state index is 5.38. The van der Waals surface area contributed by atoms with Crippen LogP contribution in [0.5, 0.6) is 11.5 Å². The molecule has 0 saturated heterocycles. The second kappa shape index (κ2) is 6.79. The van der Waals surface area contributed by atoms with Gasteiger partial charge in [-0.15, -0.1) is 0 Å². The van der Waals surface area contributed by atoms with Crippen LogP contribution in [0.2, 0.25) is 0 Å². The van der Waals surface area contributed by atoms with E-state index in [-0.39, 0.29) is 0 Å². The Bertz CT molecular complexity index is 326. The van der Waals surface area contributed by atoms with Gasteiger partial charge in [0.2, 0.25) is 0 Å². The summed E-state index contributed by atoms with van der Waals surface area (Å²) >= 11 is 3.70. The van der Waals surface area contributed by atoms with E-state index in [9.17, 15) is 0 Å². The van der Waals surface area contributed by atoms with Gasteiger partial charge in [-0.1, -0.05) is 41.8 Å². The van der Waals surface area contributed by atoms with Crippen molar-refractivity contribution in [2.24, 2.45) is 0 Å². The second-order valence-corrected chi connectivity index (χ2v) is 4.82. The third kappa shape index (κ3) is 3.41. The Balaban J connectivity index is 2.85. The first-order chi connectivity index (χ1) is 7.72. The van der Waals surface area contributed by atoms with Gasteiger partial charge in [-0.3, -0.25) is 0 Å². The molecular weight excluding hydrogens is 268 g/mol. The molecule has 1 aromatic carbocycles. The van der Waals surface area contributed by atoms with Crippen molar-refractivity contribution >= 4 is 15.9 Å². The highest BCUT2D eigenvalue weighted by atomic mass is 79.9. The molecule has 1 atom stereocenters. The van der Waals surface area contributed by atoms with Crippen LogP contribution in [-0.2, 0) is 0 Å². The van der Waals surface area contributed by atoms with E-state index in [1.807, 2.05) is 12.1 Å². The Morgan fingerprint density at radius 2 is 2.00 bits per heavy atom. The molecule has 2 nitrogen and oxygen atoms in total. The zero-order chi connectivity index (χ0) is 12.0. The Morgan fingerprint density at radius 1 is 1.25 bits per heavy atom. The van der Waals surface area contributed by atoms with E-state index in [2.05, 4.69) is 28.9 Å². The summed E-state index contributed by atoms with van der Waals surface area (Å²) in [4.78, 5) is 0.355. The Labute approximate surface area is 106 Å². The maximum Gasteiger partial charge on any atom is 0.126 e. The zero-order valence-corrected chi connectivity index (χ0v) is 11.7. The van der Waals surface area contributed by atoms with E-state index in [1.54, 1.807) is 14.2 Å². The van der Waals surface area contributed by atoms with Gasteiger partial charge in [0.1, 0.15) is 11.5 Å². The fourth-order valence-corrected chi connectivity index (χ4v) is 2.32. The van der Waals surface area contributed by atoms with Crippen molar-refractivity contribution in [1.82, 2.24) is 0 Å². The normalized spacial score (nSPS) is 12.2. The van der Waals surface area contributed by atoms with Gasteiger partial charge >= 0.3 is 0 Å². The van der Waals surface area contributed by atoms with E-state index in [0.717, 1.165) is 17.9 Å². The van der Waals surface area contributed by atoms with Gasteiger partial charge in [0.25, 0.3) is 0 Å². The highest BCUT2D eigenvalue weighted by molar-refractivity contribution is 9.09. The molecule has 0 aromatic heterocycles. The molecule has 0 aliphatic heterocycles. The van der Waals surface area contributed by atoms with Crippen LogP contribution in [0.4, 0.5) is 0 Å². The number of unbranched alkanes of at least 4 members (excludes halogenated alkanes) is 1. The molecule has 1 unspecified atom stereocenters. The first kappa shape index (κ1) is 13.4. The molecule has 0 bridgehead atoms. The number of benzene rings is 1. The molecule has 1 rings (SSSR count). The van der Waals surface area contributed by atoms with Crippen LogP contribution in [-0.4, -0.2) is 14.2 Å². The van der Waals surface area contributed by atoms with Crippen molar-refractivity contribution in [1.29, 1.82) is 0 Å². The summed E-state index contributed by atoms with van der Waals surface area (Å²) in [6, 6.07) is 5.96. The first-order valence-corrected chi connectivity index (χ1v) is 6.50. The van der Waals surface area contributed by atoms with Gasteiger partial charge in [-0.25, -0.2) is 0 Å². The fraction of sp³-hybridized carbons (Fsp3) is 0.538.